The van der Waals surface area contributed by atoms with Gasteiger partial charge in [-0.15, -0.1) is 0 Å². The van der Waals surface area contributed by atoms with Crippen molar-refractivity contribution in [2.45, 2.75) is 24.7 Å². The van der Waals surface area contributed by atoms with Crippen LogP contribution in [0.2, 0.25) is 0 Å². The van der Waals surface area contributed by atoms with Gasteiger partial charge in [0.1, 0.15) is 0 Å². The normalized spacial score (nSPS) is 14.8. The lowest BCUT2D eigenvalue weighted by Crippen LogP contribution is -2.36. The van der Waals surface area contributed by atoms with Crippen molar-refractivity contribution in [3.63, 3.8) is 0 Å². The molecule has 3 aliphatic rings. The highest BCUT2D eigenvalue weighted by atomic mass is 16.4. The van der Waals surface area contributed by atoms with Crippen molar-refractivity contribution in [2.24, 2.45) is 0 Å². The quantitative estimate of drug-likeness (QED) is 0.168. The molecule has 0 saturated heterocycles. The van der Waals surface area contributed by atoms with E-state index in [1.165, 1.54) is 88.6 Å². The molecule has 1 aliphatic heterocycles. The van der Waals surface area contributed by atoms with Gasteiger partial charge >= 0.3 is 0 Å². The smallest absolute Gasteiger partial charge is 0.174 e. The van der Waals surface area contributed by atoms with Crippen LogP contribution < -0.4 is 4.90 Å². The fourth-order valence-electron chi connectivity index (χ4n) is 11.2. The topological polar surface area (TPSA) is 29.5 Å². The largest absolute Gasteiger partial charge is 0.461 e. The summed E-state index contributed by atoms with van der Waals surface area (Å²) in [6, 6.07) is 65.0. The van der Waals surface area contributed by atoms with E-state index in [4.69, 9.17) is 8.83 Å². The molecule has 1 spiro atoms. The first kappa shape index (κ1) is 32.7. The number of hydrogen-bond acceptors (Lipinski definition) is 3. The molecular formula is C56H37NO2. The molecule has 0 bridgehead atoms. The number of hydrogen-bond donors (Lipinski definition) is 0. The molecule has 0 unspecified atom stereocenters. The van der Waals surface area contributed by atoms with Gasteiger partial charge < -0.3 is 13.7 Å². The highest BCUT2D eigenvalue weighted by molar-refractivity contribution is 6.23. The third-order valence-corrected chi connectivity index (χ3v) is 13.6. The zero-order valence-electron chi connectivity index (χ0n) is 32.7. The van der Waals surface area contributed by atoms with Gasteiger partial charge in [-0.3, -0.25) is 0 Å². The first-order chi connectivity index (χ1) is 29.0. The van der Waals surface area contributed by atoms with E-state index in [1.807, 2.05) is 12.5 Å². The van der Waals surface area contributed by atoms with Gasteiger partial charge in [-0.05, 0) is 103 Å². The minimum Gasteiger partial charge on any atom is -0.461 e. The van der Waals surface area contributed by atoms with E-state index in [9.17, 15) is 0 Å². The van der Waals surface area contributed by atoms with E-state index in [0.717, 1.165) is 28.3 Å². The summed E-state index contributed by atoms with van der Waals surface area (Å²) in [4.78, 5) is 2.59. The third-order valence-electron chi connectivity index (χ3n) is 13.6. The number of benzene rings is 8. The van der Waals surface area contributed by atoms with Crippen molar-refractivity contribution < 1.29 is 8.83 Å². The number of para-hydroxylation sites is 1. The molecule has 2 aromatic heterocycles. The zero-order chi connectivity index (χ0) is 39.0. The van der Waals surface area contributed by atoms with E-state index in [-0.39, 0.29) is 5.41 Å². The molecule has 0 N–H and O–H groups in total. The lowest BCUT2D eigenvalue weighted by molar-refractivity contribution is 0.525. The zero-order valence-corrected chi connectivity index (χ0v) is 32.7. The van der Waals surface area contributed by atoms with Crippen LogP contribution in [-0.2, 0) is 10.8 Å². The van der Waals surface area contributed by atoms with Crippen molar-refractivity contribution >= 4 is 38.6 Å². The van der Waals surface area contributed by atoms with E-state index >= 15 is 0 Å². The molecule has 3 nitrogen and oxygen atoms in total. The first-order valence-corrected chi connectivity index (χ1v) is 20.5. The summed E-state index contributed by atoms with van der Waals surface area (Å²) in [5.74, 6) is 1.61. The van der Waals surface area contributed by atoms with Crippen LogP contribution in [0.5, 0.6) is 0 Å². The van der Waals surface area contributed by atoms with Gasteiger partial charge in [-0.1, -0.05) is 153 Å². The molecule has 0 amide bonds. The molecule has 3 heteroatoms. The molecule has 13 rings (SSSR count). The summed E-state index contributed by atoms with van der Waals surface area (Å²) >= 11 is 0. The Kier molecular flexibility index (Phi) is 6.44. The Morgan fingerprint density at radius 2 is 0.966 bits per heavy atom. The molecule has 0 atom stereocenters. The van der Waals surface area contributed by atoms with Crippen LogP contribution in [0.4, 0.5) is 17.1 Å². The lowest BCUT2D eigenvalue weighted by Gasteiger charge is -2.45. The fourth-order valence-corrected chi connectivity index (χ4v) is 11.2. The molecular weight excluding hydrogens is 719 g/mol. The van der Waals surface area contributed by atoms with Crippen molar-refractivity contribution in [1.29, 1.82) is 0 Å². The van der Waals surface area contributed by atoms with Crippen LogP contribution in [0.25, 0.3) is 66.4 Å². The Morgan fingerprint density at radius 3 is 1.68 bits per heavy atom. The Balaban J connectivity index is 1.17. The number of fused-ring (bicyclic) bond motifs is 14. The molecule has 0 fully saturated rings. The maximum Gasteiger partial charge on any atom is 0.174 e. The van der Waals surface area contributed by atoms with E-state index in [1.54, 1.807) is 0 Å². The standard InChI is InChI=1S/C56H37NO2/c1-55(2)43-24-11-10-19-37(43)42-32-48-50(33-47(42)55)57(49-26-13-12-25-44(49)56(48)45-27-29-58-53(45)54-46(56)28-30-59-54)52-40-22-8-6-20-38(40)51(39-21-7-9-23-41(39)52)36-18-14-17-35(31-36)34-15-4-3-5-16-34/h3-33H,1-2H3. The van der Waals surface area contributed by atoms with Gasteiger partial charge in [-0.25, -0.2) is 0 Å². The van der Waals surface area contributed by atoms with Crippen molar-refractivity contribution in [3.05, 3.63) is 222 Å². The maximum absolute atomic E-state index is 6.31. The monoisotopic (exact) mass is 755 g/mol. The molecule has 278 valence electrons. The fraction of sp³-hybridized carbons (Fsp3) is 0.0714. The highest BCUT2D eigenvalue weighted by Crippen LogP contribution is 2.66. The highest BCUT2D eigenvalue weighted by Gasteiger charge is 2.56. The molecule has 10 aromatic rings. The predicted molar refractivity (Wildman–Crippen MR) is 240 cm³/mol. The van der Waals surface area contributed by atoms with E-state index in [0.29, 0.717) is 0 Å². The molecule has 0 saturated carbocycles. The number of rotatable bonds is 3. The lowest BCUT2D eigenvalue weighted by atomic mass is 9.64. The van der Waals surface area contributed by atoms with Crippen LogP contribution in [0.3, 0.4) is 0 Å². The van der Waals surface area contributed by atoms with Gasteiger partial charge in [0.05, 0.1) is 35.0 Å². The molecule has 3 heterocycles. The van der Waals surface area contributed by atoms with Gasteiger partial charge in [0.15, 0.2) is 11.5 Å². The minimum absolute atomic E-state index is 0.203. The van der Waals surface area contributed by atoms with E-state index in [2.05, 4.69) is 195 Å². The summed E-state index contributed by atoms with van der Waals surface area (Å²) in [6.45, 7) is 4.75. The average molecular weight is 756 g/mol. The number of nitrogens with zero attached hydrogens (tertiary/aromatic N) is 1. The Bertz CT molecular complexity index is 3280. The van der Waals surface area contributed by atoms with Crippen LogP contribution in [-0.4, -0.2) is 0 Å². The van der Waals surface area contributed by atoms with Gasteiger partial charge in [0.2, 0.25) is 0 Å². The molecule has 2 aliphatic carbocycles. The summed E-state index contributed by atoms with van der Waals surface area (Å²) in [6.07, 6.45) is 3.65. The Hall–Kier alpha value is -7.36. The van der Waals surface area contributed by atoms with Crippen molar-refractivity contribution in [1.82, 2.24) is 0 Å². The third kappa shape index (κ3) is 4.11. The molecule has 0 radical (unpaired) electrons. The van der Waals surface area contributed by atoms with Gasteiger partial charge in [-0.2, -0.15) is 0 Å². The van der Waals surface area contributed by atoms with Crippen molar-refractivity contribution in [2.75, 3.05) is 4.90 Å². The predicted octanol–water partition coefficient (Wildman–Crippen LogP) is 15.0. The van der Waals surface area contributed by atoms with E-state index < -0.39 is 5.41 Å². The van der Waals surface area contributed by atoms with Crippen LogP contribution >= 0.6 is 0 Å². The minimum atomic E-state index is -0.659. The van der Waals surface area contributed by atoms with Gasteiger partial charge in [0, 0.05) is 27.3 Å². The van der Waals surface area contributed by atoms with Crippen LogP contribution in [0, 0.1) is 0 Å². The summed E-state index contributed by atoms with van der Waals surface area (Å²) < 4.78 is 12.6. The van der Waals surface area contributed by atoms with Crippen molar-refractivity contribution in [3.8, 4) is 44.9 Å². The average Bonchev–Trinajstić information content (AvgIpc) is 4.06. The molecule has 8 aromatic carbocycles. The summed E-state index contributed by atoms with van der Waals surface area (Å²) in [7, 11) is 0. The summed E-state index contributed by atoms with van der Waals surface area (Å²) in [5.41, 5.74) is 17.4. The van der Waals surface area contributed by atoms with Crippen LogP contribution in [0.1, 0.15) is 47.2 Å². The molecule has 59 heavy (non-hydrogen) atoms. The second-order valence-corrected chi connectivity index (χ2v) is 16.8. The van der Waals surface area contributed by atoms with Crippen LogP contribution in [0.15, 0.2) is 197 Å². The number of anilines is 3. The number of furan rings is 2. The second kappa shape index (κ2) is 11.6. The Morgan fingerprint density at radius 1 is 0.390 bits per heavy atom. The SMILES string of the molecule is CC1(C)c2ccccc2-c2cc3c(cc21)N(c1c2ccccc2c(-c2cccc(-c4ccccc4)c2)c2ccccc12)c1ccccc1C31c2ccoc2-c2occc21. The first-order valence-electron chi connectivity index (χ1n) is 20.5. The Labute approximate surface area is 342 Å². The maximum atomic E-state index is 6.31. The summed E-state index contributed by atoms with van der Waals surface area (Å²) in [5, 5.41) is 4.83. The second-order valence-electron chi connectivity index (χ2n) is 16.8. The van der Waals surface area contributed by atoms with Gasteiger partial charge in [0.25, 0.3) is 0 Å².